The molecule has 2 aliphatic rings. The Balaban J connectivity index is 0.00000306. The van der Waals surface area contributed by atoms with Crippen LogP contribution in [0.15, 0.2) is 47.5 Å². The number of fused-ring (bicyclic) bond motifs is 2. The molecular formula is C25H33IN4O3. The first-order chi connectivity index (χ1) is 15.6. The summed E-state index contributed by atoms with van der Waals surface area (Å²) in [6.45, 7) is 1.91. The van der Waals surface area contributed by atoms with Gasteiger partial charge in [-0.3, -0.25) is 4.79 Å². The second-order valence-electron chi connectivity index (χ2n) is 8.45. The van der Waals surface area contributed by atoms with Crippen LogP contribution in [0.1, 0.15) is 29.5 Å². The molecule has 1 aliphatic heterocycles. The quantitative estimate of drug-likeness (QED) is 0.332. The molecule has 0 saturated carbocycles. The van der Waals surface area contributed by atoms with Crippen molar-refractivity contribution in [3.05, 3.63) is 59.2 Å². The van der Waals surface area contributed by atoms with Crippen molar-refractivity contribution in [1.29, 1.82) is 0 Å². The van der Waals surface area contributed by atoms with Gasteiger partial charge in [-0.25, -0.2) is 4.99 Å². The summed E-state index contributed by atoms with van der Waals surface area (Å²) >= 11 is 0. The van der Waals surface area contributed by atoms with Crippen molar-refractivity contribution in [2.45, 2.75) is 38.3 Å². The number of aryl methyl sites for hydroxylation is 1. The number of likely N-dealkylation sites (N-methyl/N-ethyl adjacent to an activating group) is 1. The number of para-hydroxylation sites is 1. The van der Waals surface area contributed by atoms with Gasteiger partial charge in [0, 0.05) is 32.1 Å². The van der Waals surface area contributed by atoms with Crippen LogP contribution in [0.3, 0.4) is 0 Å². The zero-order valence-corrected chi connectivity index (χ0v) is 21.6. The fraction of sp³-hybridized carbons (Fsp3) is 0.440. The average Bonchev–Trinajstić information content (AvgIpc) is 3.06. The number of ether oxygens (including phenoxy) is 2. The lowest BCUT2D eigenvalue weighted by molar-refractivity contribution is -0.127. The largest absolute Gasteiger partial charge is 0.490 e. The molecule has 0 fully saturated rings. The van der Waals surface area contributed by atoms with Gasteiger partial charge in [0.15, 0.2) is 17.5 Å². The van der Waals surface area contributed by atoms with E-state index in [-0.39, 0.29) is 42.5 Å². The number of amides is 1. The highest BCUT2D eigenvalue weighted by Gasteiger charge is 2.20. The van der Waals surface area contributed by atoms with Gasteiger partial charge in [-0.05, 0) is 36.5 Å². The minimum absolute atomic E-state index is 0. The molecule has 4 rings (SSSR count). The van der Waals surface area contributed by atoms with Crippen LogP contribution in [0.4, 0.5) is 0 Å². The molecule has 178 valence electrons. The maximum Gasteiger partial charge on any atom is 0.241 e. The lowest BCUT2D eigenvalue weighted by Gasteiger charge is -2.27. The molecule has 0 spiro atoms. The van der Waals surface area contributed by atoms with Crippen LogP contribution in [-0.4, -0.2) is 56.7 Å². The fourth-order valence-corrected chi connectivity index (χ4v) is 4.03. The van der Waals surface area contributed by atoms with Gasteiger partial charge in [0.1, 0.15) is 0 Å². The summed E-state index contributed by atoms with van der Waals surface area (Å²) in [5.41, 5.74) is 3.77. The van der Waals surface area contributed by atoms with Crippen LogP contribution in [-0.2, 0) is 24.2 Å². The summed E-state index contributed by atoms with van der Waals surface area (Å²) in [6, 6.07) is 14.8. The van der Waals surface area contributed by atoms with Gasteiger partial charge in [-0.15, -0.1) is 24.0 Å². The van der Waals surface area contributed by atoms with Crippen LogP contribution >= 0.6 is 24.0 Å². The Kier molecular flexibility index (Phi) is 9.22. The van der Waals surface area contributed by atoms with Crippen molar-refractivity contribution in [3.8, 4) is 11.5 Å². The van der Waals surface area contributed by atoms with Crippen LogP contribution in [0, 0.1) is 0 Å². The Morgan fingerprint density at radius 3 is 2.70 bits per heavy atom. The smallest absolute Gasteiger partial charge is 0.241 e. The number of hydrogen-bond donors (Lipinski definition) is 2. The number of rotatable bonds is 5. The lowest BCUT2D eigenvalue weighted by atomic mass is 9.88. The molecule has 1 unspecified atom stereocenters. The SMILES string of the molecule is CN(C)C(=O)CNC(=NCc1cccc2c1OCCCO2)NC1CCc2ccccc2C1.I. The summed E-state index contributed by atoms with van der Waals surface area (Å²) in [4.78, 5) is 18.5. The first-order valence-electron chi connectivity index (χ1n) is 11.3. The Labute approximate surface area is 213 Å². The molecule has 33 heavy (non-hydrogen) atoms. The third-order valence-corrected chi connectivity index (χ3v) is 5.85. The van der Waals surface area contributed by atoms with E-state index in [1.807, 2.05) is 18.2 Å². The second kappa shape index (κ2) is 12.1. The van der Waals surface area contributed by atoms with E-state index < -0.39 is 0 Å². The minimum atomic E-state index is -0.00111. The molecule has 2 aromatic carbocycles. The van der Waals surface area contributed by atoms with Crippen LogP contribution in [0.25, 0.3) is 0 Å². The number of nitrogens with one attached hydrogen (secondary N) is 2. The van der Waals surface area contributed by atoms with Gasteiger partial charge in [0.25, 0.3) is 0 Å². The molecule has 0 saturated heterocycles. The highest BCUT2D eigenvalue weighted by molar-refractivity contribution is 14.0. The standard InChI is InChI=1S/C25H32N4O3.HI/c1-29(2)23(30)17-27-25(28-21-12-11-18-7-3-4-8-19(18)15-21)26-16-20-9-5-10-22-24(20)32-14-6-13-31-22;/h3-5,7-10,21H,6,11-17H2,1-2H3,(H2,26,27,28);1H. The molecule has 2 N–H and O–H groups in total. The molecule has 1 heterocycles. The molecule has 1 amide bonds. The molecule has 1 atom stereocenters. The fourth-order valence-electron chi connectivity index (χ4n) is 4.03. The molecule has 1 aliphatic carbocycles. The van der Waals surface area contributed by atoms with E-state index in [0.717, 1.165) is 42.7 Å². The minimum Gasteiger partial charge on any atom is -0.490 e. The second-order valence-corrected chi connectivity index (χ2v) is 8.45. The van der Waals surface area contributed by atoms with Crippen LogP contribution in [0.2, 0.25) is 0 Å². The highest BCUT2D eigenvalue weighted by Crippen LogP contribution is 2.33. The van der Waals surface area contributed by atoms with Crippen molar-refractivity contribution in [1.82, 2.24) is 15.5 Å². The predicted molar refractivity (Wildman–Crippen MR) is 141 cm³/mol. The number of carbonyl (C=O) groups excluding carboxylic acids is 1. The van der Waals surface area contributed by atoms with Crippen molar-refractivity contribution in [2.75, 3.05) is 33.9 Å². The Bertz CT molecular complexity index is 980. The molecule has 0 bridgehead atoms. The maximum absolute atomic E-state index is 12.2. The lowest BCUT2D eigenvalue weighted by Crippen LogP contribution is -2.48. The number of guanidine groups is 1. The summed E-state index contributed by atoms with van der Waals surface area (Å²) in [6.07, 6.45) is 3.86. The van der Waals surface area contributed by atoms with Crippen molar-refractivity contribution < 1.29 is 14.3 Å². The number of carbonyl (C=O) groups is 1. The number of nitrogens with zero attached hydrogens (tertiary/aromatic N) is 2. The van der Waals surface area contributed by atoms with Gasteiger partial charge >= 0.3 is 0 Å². The number of hydrogen-bond acceptors (Lipinski definition) is 4. The Hall–Kier alpha value is -2.49. The number of benzene rings is 2. The zero-order valence-electron chi connectivity index (χ0n) is 19.3. The maximum atomic E-state index is 12.2. The van der Waals surface area contributed by atoms with Gasteiger partial charge in [-0.2, -0.15) is 0 Å². The first-order valence-corrected chi connectivity index (χ1v) is 11.3. The molecule has 7 nitrogen and oxygen atoms in total. The van der Waals surface area contributed by atoms with Crippen LogP contribution in [0.5, 0.6) is 11.5 Å². The topological polar surface area (TPSA) is 75.2 Å². The van der Waals surface area contributed by atoms with E-state index in [1.165, 1.54) is 11.1 Å². The molecule has 0 radical (unpaired) electrons. The summed E-state index contributed by atoms with van der Waals surface area (Å²) in [7, 11) is 3.51. The third-order valence-electron chi connectivity index (χ3n) is 5.85. The summed E-state index contributed by atoms with van der Waals surface area (Å²) in [5.74, 6) is 2.17. The van der Waals surface area contributed by atoms with Gasteiger partial charge in [0.2, 0.25) is 5.91 Å². The van der Waals surface area contributed by atoms with E-state index in [1.54, 1.807) is 19.0 Å². The van der Waals surface area contributed by atoms with Gasteiger partial charge in [0.05, 0.1) is 26.3 Å². The first kappa shape index (κ1) is 25.1. The molecule has 8 heteroatoms. The predicted octanol–water partition coefficient (Wildman–Crippen LogP) is 3.15. The Morgan fingerprint density at radius 1 is 1.09 bits per heavy atom. The third kappa shape index (κ3) is 6.75. The summed E-state index contributed by atoms with van der Waals surface area (Å²) in [5, 5.41) is 6.76. The van der Waals surface area contributed by atoms with E-state index in [9.17, 15) is 4.79 Å². The van der Waals surface area contributed by atoms with Crippen molar-refractivity contribution >= 4 is 35.8 Å². The number of halogens is 1. The molecular weight excluding hydrogens is 531 g/mol. The van der Waals surface area contributed by atoms with Crippen LogP contribution < -0.4 is 20.1 Å². The van der Waals surface area contributed by atoms with E-state index in [4.69, 9.17) is 14.5 Å². The Morgan fingerprint density at radius 2 is 1.88 bits per heavy atom. The highest BCUT2D eigenvalue weighted by atomic mass is 127. The van der Waals surface area contributed by atoms with Gasteiger partial charge < -0.3 is 25.0 Å². The monoisotopic (exact) mass is 564 g/mol. The zero-order chi connectivity index (χ0) is 22.3. The van der Waals surface area contributed by atoms with Crippen molar-refractivity contribution in [3.63, 3.8) is 0 Å². The van der Waals surface area contributed by atoms with E-state index in [0.29, 0.717) is 25.7 Å². The number of aliphatic imine (C=N–C) groups is 1. The normalized spacial score (nSPS) is 17.2. The average molecular weight is 564 g/mol. The summed E-state index contributed by atoms with van der Waals surface area (Å²) < 4.78 is 11.7. The molecule has 0 aromatic heterocycles. The van der Waals surface area contributed by atoms with Crippen molar-refractivity contribution in [2.24, 2.45) is 4.99 Å². The van der Waals surface area contributed by atoms with E-state index >= 15 is 0 Å². The van der Waals surface area contributed by atoms with E-state index in [2.05, 4.69) is 34.9 Å². The molecule has 2 aromatic rings. The van der Waals surface area contributed by atoms with Gasteiger partial charge in [-0.1, -0.05) is 36.4 Å².